The second-order valence-corrected chi connectivity index (χ2v) is 6.32. The molecule has 0 saturated heterocycles. The van der Waals surface area contributed by atoms with Crippen molar-refractivity contribution in [3.05, 3.63) is 0 Å². The number of rotatable bonds is 5. The summed E-state index contributed by atoms with van der Waals surface area (Å²) in [7, 11) is 0. The molecule has 2 aliphatic rings. The highest BCUT2D eigenvalue weighted by atomic mass is 16.4. The molecule has 1 amide bonds. The smallest absolute Gasteiger partial charge is 0.306 e. The Balaban J connectivity index is 1.80. The summed E-state index contributed by atoms with van der Waals surface area (Å²) in [6.07, 6.45) is 7.98. The maximum absolute atomic E-state index is 12.1. The zero-order valence-corrected chi connectivity index (χ0v) is 11.8. The van der Waals surface area contributed by atoms with Crippen LogP contribution in [0.2, 0.25) is 0 Å². The Morgan fingerprint density at radius 1 is 1.21 bits per heavy atom. The van der Waals surface area contributed by atoms with E-state index in [0.717, 1.165) is 19.4 Å². The number of hydrogen-bond acceptors (Lipinski definition) is 2. The Bertz CT molecular complexity index is 347. The molecule has 0 aromatic carbocycles. The first-order valence-corrected chi connectivity index (χ1v) is 7.57. The summed E-state index contributed by atoms with van der Waals surface area (Å²) in [5.41, 5.74) is 0.306. The average molecular weight is 267 g/mol. The number of carboxylic acids is 1. The van der Waals surface area contributed by atoms with Crippen molar-refractivity contribution >= 4 is 11.9 Å². The van der Waals surface area contributed by atoms with Gasteiger partial charge in [-0.15, -0.1) is 0 Å². The normalized spacial score (nSPS) is 29.3. The van der Waals surface area contributed by atoms with E-state index >= 15 is 0 Å². The Morgan fingerprint density at radius 3 is 2.37 bits per heavy atom. The van der Waals surface area contributed by atoms with Gasteiger partial charge in [0.15, 0.2) is 0 Å². The Kier molecular flexibility index (Phi) is 4.48. The van der Waals surface area contributed by atoms with Gasteiger partial charge in [-0.25, -0.2) is 0 Å². The summed E-state index contributed by atoms with van der Waals surface area (Å²) in [4.78, 5) is 23.0. The largest absolute Gasteiger partial charge is 0.481 e. The van der Waals surface area contributed by atoms with Crippen molar-refractivity contribution in [2.45, 2.75) is 58.3 Å². The summed E-state index contributed by atoms with van der Waals surface area (Å²) < 4.78 is 0. The lowest BCUT2D eigenvalue weighted by molar-refractivity contribution is -0.141. The van der Waals surface area contributed by atoms with Gasteiger partial charge in [0.25, 0.3) is 0 Å². The lowest BCUT2D eigenvalue weighted by atomic mass is 9.83. The lowest BCUT2D eigenvalue weighted by Crippen LogP contribution is -2.38. The van der Waals surface area contributed by atoms with Crippen molar-refractivity contribution in [1.29, 1.82) is 0 Å². The Hall–Kier alpha value is -1.06. The molecule has 2 saturated carbocycles. The van der Waals surface area contributed by atoms with Crippen LogP contribution in [0.25, 0.3) is 0 Å². The molecule has 2 fully saturated rings. The summed E-state index contributed by atoms with van der Waals surface area (Å²) in [6.45, 7) is 2.98. The van der Waals surface area contributed by atoms with Crippen LogP contribution in [0.5, 0.6) is 0 Å². The first kappa shape index (κ1) is 14.4. The predicted molar refractivity (Wildman–Crippen MR) is 72.7 cm³/mol. The molecular formula is C15H25NO3. The van der Waals surface area contributed by atoms with Gasteiger partial charge in [0.1, 0.15) is 0 Å². The van der Waals surface area contributed by atoms with Gasteiger partial charge in [0.05, 0.1) is 5.92 Å². The van der Waals surface area contributed by atoms with Gasteiger partial charge in [-0.3, -0.25) is 9.59 Å². The number of nitrogens with one attached hydrogen (secondary N) is 1. The predicted octanol–water partition coefficient (Wildman–Crippen LogP) is 2.57. The summed E-state index contributed by atoms with van der Waals surface area (Å²) in [5.74, 6) is -1.08. The summed E-state index contributed by atoms with van der Waals surface area (Å²) in [6, 6.07) is 0. The molecule has 4 nitrogen and oxygen atoms in total. The molecule has 0 aliphatic heterocycles. The number of carbonyl (C=O) groups is 2. The second-order valence-electron chi connectivity index (χ2n) is 6.32. The van der Waals surface area contributed by atoms with E-state index in [1.807, 2.05) is 0 Å². The molecule has 0 radical (unpaired) electrons. The maximum Gasteiger partial charge on any atom is 0.306 e. The van der Waals surface area contributed by atoms with E-state index in [-0.39, 0.29) is 17.7 Å². The molecule has 0 heterocycles. The molecule has 0 aromatic heterocycles. The lowest BCUT2D eigenvalue weighted by Gasteiger charge is -2.28. The number of amides is 1. The topological polar surface area (TPSA) is 66.4 Å². The molecule has 4 heteroatoms. The number of carboxylic acid groups (broad SMARTS) is 1. The van der Waals surface area contributed by atoms with Crippen molar-refractivity contribution in [3.63, 3.8) is 0 Å². The fraction of sp³-hybridized carbons (Fsp3) is 0.867. The zero-order chi connectivity index (χ0) is 13.9. The van der Waals surface area contributed by atoms with Gasteiger partial charge in [0.2, 0.25) is 5.91 Å². The van der Waals surface area contributed by atoms with Gasteiger partial charge < -0.3 is 10.4 Å². The van der Waals surface area contributed by atoms with Gasteiger partial charge in [-0.05, 0) is 43.9 Å². The van der Waals surface area contributed by atoms with Crippen molar-refractivity contribution in [2.75, 3.05) is 6.54 Å². The third kappa shape index (κ3) is 3.28. The molecule has 19 heavy (non-hydrogen) atoms. The minimum Gasteiger partial charge on any atom is -0.481 e. The van der Waals surface area contributed by atoms with E-state index in [2.05, 4.69) is 12.2 Å². The molecule has 2 atom stereocenters. The molecule has 2 aliphatic carbocycles. The molecule has 0 bridgehead atoms. The van der Waals surface area contributed by atoms with Crippen LogP contribution in [-0.4, -0.2) is 23.5 Å². The molecule has 108 valence electrons. The zero-order valence-electron chi connectivity index (χ0n) is 11.8. The van der Waals surface area contributed by atoms with Gasteiger partial charge >= 0.3 is 5.97 Å². The van der Waals surface area contributed by atoms with Crippen LogP contribution in [0.15, 0.2) is 0 Å². The second kappa shape index (κ2) is 5.93. The van der Waals surface area contributed by atoms with Crippen LogP contribution in [0, 0.1) is 17.3 Å². The fourth-order valence-corrected chi connectivity index (χ4v) is 3.64. The van der Waals surface area contributed by atoms with Crippen LogP contribution in [0.1, 0.15) is 58.3 Å². The van der Waals surface area contributed by atoms with Crippen LogP contribution < -0.4 is 5.32 Å². The van der Waals surface area contributed by atoms with E-state index in [1.54, 1.807) is 0 Å². The molecular weight excluding hydrogens is 242 g/mol. The monoisotopic (exact) mass is 267 g/mol. The van der Waals surface area contributed by atoms with Gasteiger partial charge in [-0.1, -0.05) is 19.8 Å². The van der Waals surface area contributed by atoms with E-state index in [4.69, 9.17) is 5.11 Å². The summed E-state index contributed by atoms with van der Waals surface area (Å²) in [5, 5.41) is 12.0. The molecule has 0 aromatic rings. The van der Waals surface area contributed by atoms with Crippen LogP contribution in [0.3, 0.4) is 0 Å². The number of hydrogen-bond donors (Lipinski definition) is 2. The highest BCUT2D eigenvalue weighted by molar-refractivity contribution is 5.80. The van der Waals surface area contributed by atoms with Crippen molar-refractivity contribution < 1.29 is 14.7 Å². The van der Waals surface area contributed by atoms with Crippen LogP contribution in [-0.2, 0) is 9.59 Å². The molecule has 0 spiro atoms. The van der Waals surface area contributed by atoms with E-state index in [0.29, 0.717) is 18.3 Å². The molecule has 2 unspecified atom stereocenters. The first-order chi connectivity index (χ1) is 9.06. The fourth-order valence-electron chi connectivity index (χ4n) is 3.64. The number of aliphatic carboxylic acids is 1. The SMILES string of the molecule is CCC1(CNC(=O)C2CCC(C(=O)O)C2)CCCC1. The third-order valence-electron chi connectivity index (χ3n) is 5.20. The van der Waals surface area contributed by atoms with E-state index in [9.17, 15) is 9.59 Å². The maximum atomic E-state index is 12.1. The number of carbonyl (C=O) groups excluding carboxylic acids is 1. The quantitative estimate of drug-likeness (QED) is 0.804. The minimum absolute atomic E-state index is 0.0727. The average Bonchev–Trinajstić information content (AvgIpc) is 3.06. The summed E-state index contributed by atoms with van der Waals surface area (Å²) >= 11 is 0. The third-order valence-corrected chi connectivity index (χ3v) is 5.20. The van der Waals surface area contributed by atoms with Gasteiger partial charge in [0, 0.05) is 12.5 Å². The molecule has 2 rings (SSSR count). The van der Waals surface area contributed by atoms with E-state index in [1.165, 1.54) is 25.7 Å². The molecule has 2 N–H and O–H groups in total. The highest BCUT2D eigenvalue weighted by Gasteiger charge is 2.36. The standard InChI is InChI=1S/C15H25NO3/c1-2-15(7-3-4-8-15)10-16-13(17)11-5-6-12(9-11)14(18)19/h11-12H,2-10H2,1H3,(H,16,17)(H,18,19). The van der Waals surface area contributed by atoms with Crippen molar-refractivity contribution in [2.24, 2.45) is 17.3 Å². The minimum atomic E-state index is -0.754. The Morgan fingerprint density at radius 2 is 1.84 bits per heavy atom. The van der Waals surface area contributed by atoms with E-state index < -0.39 is 5.97 Å². The highest BCUT2D eigenvalue weighted by Crippen LogP contribution is 2.40. The van der Waals surface area contributed by atoms with Crippen molar-refractivity contribution in [3.8, 4) is 0 Å². The van der Waals surface area contributed by atoms with Crippen LogP contribution >= 0.6 is 0 Å². The van der Waals surface area contributed by atoms with Crippen molar-refractivity contribution in [1.82, 2.24) is 5.32 Å². The van der Waals surface area contributed by atoms with Gasteiger partial charge in [-0.2, -0.15) is 0 Å². The first-order valence-electron chi connectivity index (χ1n) is 7.57. The van der Waals surface area contributed by atoms with Crippen LogP contribution in [0.4, 0.5) is 0 Å². The Labute approximate surface area is 115 Å².